The number of hydrogen-bond donors (Lipinski definition) is 4. The molecule has 1 aliphatic rings. The van der Waals surface area contributed by atoms with E-state index < -0.39 is 17.7 Å². The molecule has 5 heterocycles. The first-order chi connectivity index (χ1) is 27.4. The lowest BCUT2D eigenvalue weighted by molar-refractivity contribution is 0.0974. The number of primary amides is 2. The maximum Gasteiger partial charge on any atom is 0.276 e. The van der Waals surface area contributed by atoms with Gasteiger partial charge < -0.3 is 35.2 Å². The van der Waals surface area contributed by atoms with Crippen LogP contribution in [0.2, 0.25) is 0 Å². The highest BCUT2D eigenvalue weighted by Gasteiger charge is 2.30. The van der Waals surface area contributed by atoms with E-state index in [4.69, 9.17) is 30.9 Å². The summed E-state index contributed by atoms with van der Waals surface area (Å²) < 4.78 is 19.4. The Morgan fingerprint density at radius 3 is 2.19 bits per heavy atom. The van der Waals surface area contributed by atoms with E-state index in [1.807, 2.05) is 36.8 Å². The molecule has 1 atom stereocenters. The number of amides is 3. The van der Waals surface area contributed by atoms with Gasteiger partial charge in [-0.1, -0.05) is 0 Å². The van der Waals surface area contributed by atoms with E-state index >= 15 is 0 Å². The van der Waals surface area contributed by atoms with Gasteiger partial charge in [-0.25, -0.2) is 9.97 Å². The second-order valence-electron chi connectivity index (χ2n) is 14.0. The average Bonchev–Trinajstić information content (AvgIpc) is 3.95. The fourth-order valence-electron chi connectivity index (χ4n) is 7.38. The van der Waals surface area contributed by atoms with Crippen molar-refractivity contribution in [3.05, 3.63) is 76.1 Å². The van der Waals surface area contributed by atoms with Gasteiger partial charge in [0, 0.05) is 43.8 Å². The molecule has 18 heteroatoms. The number of nitrogens with two attached hydrogens (primary N) is 2. The molecule has 0 bridgehead atoms. The van der Waals surface area contributed by atoms with Gasteiger partial charge in [0.15, 0.2) is 5.78 Å². The highest BCUT2D eigenvalue weighted by molar-refractivity contribution is 6.04. The Morgan fingerprint density at radius 2 is 1.53 bits per heavy atom. The molecule has 3 amide bonds. The lowest BCUT2D eigenvalue weighted by atomic mass is 10.1. The molecule has 6 aromatic rings. The molecule has 1 aliphatic heterocycles. The largest absolute Gasteiger partial charge is 0.491 e. The number of aliphatic hydroxyl groups is 1. The number of imidazole rings is 2. The smallest absolute Gasteiger partial charge is 0.276 e. The summed E-state index contributed by atoms with van der Waals surface area (Å²) in [6.45, 7) is 9.10. The number of rotatable bonds is 17. The second kappa shape index (κ2) is 15.9. The summed E-state index contributed by atoms with van der Waals surface area (Å²) in [6, 6.07) is 9.42. The monoisotopic (exact) mass is 779 g/mol. The molecule has 0 unspecified atom stereocenters. The standard InChI is InChI=1S/C39H45N11O7/c1-5-48-28(13-21(3)45-48)30(52)19-33-42-26-15-23(36(40)53)17-31(56-12-8-11-51)34(26)47(33)10-7-9-25-20-57-32-18-24(37(41)54)16-27-35(32)50(25)39(43-27)44-38(55)29-14-22(4)46-49(29)6-2/h13-18,25,51H,5-12,19-20H2,1-4H3,(H2,40,53)(H2,41,54)(H,43,44,55)/t25-/m0/s1. The van der Waals surface area contributed by atoms with Gasteiger partial charge in [-0.15, -0.1) is 0 Å². The molecule has 0 saturated heterocycles. The van der Waals surface area contributed by atoms with Crippen LogP contribution in [0.25, 0.3) is 22.1 Å². The number of aryl methyl sites for hydroxylation is 5. The van der Waals surface area contributed by atoms with Crippen LogP contribution in [-0.4, -0.2) is 87.1 Å². The molecule has 0 radical (unpaired) electrons. The zero-order valence-corrected chi connectivity index (χ0v) is 32.2. The number of fused-ring (bicyclic) bond motifs is 1. The molecule has 0 fully saturated rings. The fraction of sp³-hybridized carbons (Fsp3) is 0.385. The number of nitrogens with zero attached hydrogens (tertiary/aromatic N) is 8. The maximum absolute atomic E-state index is 13.8. The zero-order chi connectivity index (χ0) is 40.5. The van der Waals surface area contributed by atoms with Crippen LogP contribution < -0.4 is 26.3 Å². The molecule has 298 valence electrons. The van der Waals surface area contributed by atoms with E-state index in [9.17, 15) is 24.3 Å². The third kappa shape index (κ3) is 7.54. The molecule has 0 aliphatic carbocycles. The summed E-state index contributed by atoms with van der Waals surface area (Å²) in [4.78, 5) is 61.6. The van der Waals surface area contributed by atoms with Crippen molar-refractivity contribution in [1.82, 2.24) is 38.7 Å². The quantitative estimate of drug-likeness (QED) is 0.0771. The van der Waals surface area contributed by atoms with Crippen molar-refractivity contribution in [3.8, 4) is 11.5 Å². The Balaban J connectivity index is 1.25. The number of anilines is 1. The van der Waals surface area contributed by atoms with E-state index in [1.54, 1.807) is 45.8 Å². The third-order valence-electron chi connectivity index (χ3n) is 9.95. The molecule has 0 spiro atoms. The van der Waals surface area contributed by atoms with E-state index in [1.165, 1.54) is 0 Å². The molecule has 57 heavy (non-hydrogen) atoms. The van der Waals surface area contributed by atoms with Gasteiger partial charge in [0.25, 0.3) is 5.91 Å². The number of carbonyl (C=O) groups excluding carboxylic acids is 4. The molecular weight excluding hydrogens is 734 g/mol. The van der Waals surface area contributed by atoms with Crippen molar-refractivity contribution in [2.45, 2.75) is 79.1 Å². The van der Waals surface area contributed by atoms with E-state index in [2.05, 4.69) is 15.5 Å². The lowest BCUT2D eigenvalue weighted by Gasteiger charge is -2.27. The second-order valence-corrected chi connectivity index (χ2v) is 14.0. The number of ketones is 1. The molecule has 2 aromatic carbocycles. The summed E-state index contributed by atoms with van der Waals surface area (Å²) in [7, 11) is 0. The normalized spacial score (nSPS) is 13.6. The fourth-order valence-corrected chi connectivity index (χ4v) is 7.38. The van der Waals surface area contributed by atoms with Gasteiger partial charge >= 0.3 is 0 Å². The number of Topliss-reactive ketones (excluding diaryl/α,β-unsaturated/α-hetero) is 1. The van der Waals surface area contributed by atoms with Gasteiger partial charge in [-0.2, -0.15) is 10.2 Å². The van der Waals surface area contributed by atoms with Crippen LogP contribution in [-0.2, 0) is 26.1 Å². The lowest BCUT2D eigenvalue weighted by Crippen LogP contribution is -2.26. The minimum Gasteiger partial charge on any atom is -0.491 e. The van der Waals surface area contributed by atoms with Gasteiger partial charge in [0.05, 0.1) is 41.5 Å². The number of benzene rings is 2. The van der Waals surface area contributed by atoms with Crippen LogP contribution in [0.1, 0.15) is 98.1 Å². The average molecular weight is 780 g/mol. The van der Waals surface area contributed by atoms with Crippen molar-refractivity contribution < 1.29 is 33.8 Å². The Hall–Kier alpha value is -6.56. The highest BCUT2D eigenvalue weighted by Crippen LogP contribution is 2.39. The first-order valence-corrected chi connectivity index (χ1v) is 18.9. The van der Waals surface area contributed by atoms with Gasteiger partial charge in [-0.05, 0) is 76.9 Å². The summed E-state index contributed by atoms with van der Waals surface area (Å²) in [5.41, 5.74) is 16.0. The third-order valence-corrected chi connectivity index (χ3v) is 9.95. The topological polar surface area (TPSA) is 242 Å². The van der Waals surface area contributed by atoms with Crippen molar-refractivity contribution in [1.29, 1.82) is 0 Å². The predicted molar refractivity (Wildman–Crippen MR) is 209 cm³/mol. The Bertz CT molecular complexity index is 2540. The number of aliphatic hydroxyl groups excluding tert-OH is 1. The summed E-state index contributed by atoms with van der Waals surface area (Å²) in [5.74, 6) is -0.392. The number of carbonyl (C=O) groups is 4. The Morgan fingerprint density at radius 1 is 0.877 bits per heavy atom. The molecule has 0 saturated carbocycles. The van der Waals surface area contributed by atoms with Gasteiger partial charge in [0.1, 0.15) is 46.4 Å². The van der Waals surface area contributed by atoms with Crippen LogP contribution in [0.4, 0.5) is 5.95 Å². The summed E-state index contributed by atoms with van der Waals surface area (Å²) in [5, 5.41) is 21.3. The molecular formula is C39H45N11O7. The van der Waals surface area contributed by atoms with Crippen molar-refractivity contribution in [2.24, 2.45) is 11.5 Å². The number of ether oxygens (including phenoxy) is 2. The van der Waals surface area contributed by atoms with E-state index in [0.717, 1.165) is 5.69 Å². The van der Waals surface area contributed by atoms with E-state index in [-0.39, 0.29) is 55.1 Å². The SMILES string of the molecule is CCn1nc(C)cc1C(=O)Cc1nc2cc(C(N)=O)cc(OCCCO)c2n1CCC[C@H]1COc2cc(C(N)=O)cc3nc(NC(=O)c4cc(C)nn4CC)n1c23. The molecule has 18 nitrogen and oxygen atoms in total. The van der Waals surface area contributed by atoms with Crippen LogP contribution in [0, 0.1) is 13.8 Å². The first-order valence-electron chi connectivity index (χ1n) is 18.9. The summed E-state index contributed by atoms with van der Waals surface area (Å²) >= 11 is 0. The first kappa shape index (κ1) is 38.7. The van der Waals surface area contributed by atoms with Gasteiger partial charge in [0.2, 0.25) is 17.8 Å². The number of hydrogen-bond acceptors (Lipinski definition) is 11. The number of aromatic nitrogens is 8. The van der Waals surface area contributed by atoms with Crippen molar-refractivity contribution in [2.75, 3.05) is 25.1 Å². The molecule has 6 N–H and O–H groups in total. The predicted octanol–water partition coefficient (Wildman–Crippen LogP) is 3.49. The van der Waals surface area contributed by atoms with Crippen molar-refractivity contribution >= 4 is 51.5 Å². The Labute approximate surface area is 326 Å². The maximum atomic E-state index is 13.8. The molecule has 7 rings (SSSR count). The van der Waals surface area contributed by atoms with Crippen LogP contribution in [0.5, 0.6) is 11.5 Å². The molecule has 4 aromatic heterocycles. The zero-order valence-electron chi connectivity index (χ0n) is 32.2. The van der Waals surface area contributed by atoms with Crippen LogP contribution in [0.3, 0.4) is 0 Å². The van der Waals surface area contributed by atoms with Crippen molar-refractivity contribution in [3.63, 3.8) is 0 Å². The van der Waals surface area contributed by atoms with Crippen LogP contribution in [0.15, 0.2) is 36.4 Å². The number of nitrogens with one attached hydrogen (secondary N) is 1. The van der Waals surface area contributed by atoms with Gasteiger partial charge in [-0.3, -0.25) is 33.9 Å². The Kier molecular flexibility index (Phi) is 10.8. The summed E-state index contributed by atoms with van der Waals surface area (Å²) in [6.07, 6.45) is 1.34. The minimum atomic E-state index is -0.664. The minimum absolute atomic E-state index is 0.0595. The van der Waals surface area contributed by atoms with E-state index in [0.29, 0.717) is 95.4 Å². The van der Waals surface area contributed by atoms with Crippen LogP contribution >= 0.6 is 0 Å². The highest BCUT2D eigenvalue weighted by atomic mass is 16.5.